The number of amides is 1. The lowest BCUT2D eigenvalue weighted by molar-refractivity contribution is -0.127. The molecular formula is C14H18N2O3. The number of methoxy groups -OCH3 is 1. The zero-order valence-electron chi connectivity index (χ0n) is 11.2. The number of nitrogens with zero attached hydrogens (tertiary/aromatic N) is 1. The summed E-state index contributed by atoms with van der Waals surface area (Å²) in [5, 5.41) is 2.78. The number of carbonyl (C=O) groups is 2. The highest BCUT2D eigenvalue weighted by atomic mass is 16.5. The van der Waals surface area contributed by atoms with Crippen LogP contribution in [-0.2, 0) is 4.79 Å². The van der Waals surface area contributed by atoms with Crippen molar-refractivity contribution < 1.29 is 14.3 Å². The Hall–Kier alpha value is -1.88. The third-order valence-electron chi connectivity index (χ3n) is 3.36. The van der Waals surface area contributed by atoms with Crippen LogP contribution in [0, 0.1) is 0 Å². The molecule has 1 atom stereocenters. The van der Waals surface area contributed by atoms with Crippen molar-refractivity contribution in [1.82, 2.24) is 10.2 Å². The van der Waals surface area contributed by atoms with Crippen LogP contribution in [0.1, 0.15) is 17.3 Å². The van der Waals surface area contributed by atoms with Crippen LogP contribution in [-0.4, -0.2) is 49.4 Å². The summed E-state index contributed by atoms with van der Waals surface area (Å²) in [7, 11) is 1.57. The molecule has 1 heterocycles. The van der Waals surface area contributed by atoms with E-state index in [2.05, 4.69) is 5.32 Å². The van der Waals surface area contributed by atoms with Gasteiger partial charge < -0.3 is 10.1 Å². The molecule has 1 amide bonds. The van der Waals surface area contributed by atoms with Crippen LogP contribution in [0.15, 0.2) is 24.3 Å². The molecule has 0 saturated carbocycles. The molecule has 0 radical (unpaired) electrons. The Balaban J connectivity index is 2.05. The first-order valence-corrected chi connectivity index (χ1v) is 6.31. The van der Waals surface area contributed by atoms with Gasteiger partial charge >= 0.3 is 0 Å². The van der Waals surface area contributed by atoms with Gasteiger partial charge in [-0.05, 0) is 19.1 Å². The molecule has 0 aromatic heterocycles. The van der Waals surface area contributed by atoms with Crippen molar-refractivity contribution in [3.63, 3.8) is 0 Å². The SMILES string of the molecule is COc1cccc(C(=O)CN2CCNC(=O)C2C)c1. The molecular weight excluding hydrogens is 244 g/mol. The molecule has 1 aromatic rings. The summed E-state index contributed by atoms with van der Waals surface area (Å²) in [6, 6.07) is 6.81. The van der Waals surface area contributed by atoms with E-state index in [1.54, 1.807) is 31.4 Å². The standard InChI is InChI=1S/C14H18N2O3/c1-10-14(18)15-6-7-16(10)9-13(17)11-4-3-5-12(8-11)19-2/h3-5,8,10H,6-7,9H2,1-2H3,(H,15,18). The van der Waals surface area contributed by atoms with E-state index in [1.165, 1.54) is 0 Å². The van der Waals surface area contributed by atoms with Crippen molar-refractivity contribution in [3.05, 3.63) is 29.8 Å². The van der Waals surface area contributed by atoms with Gasteiger partial charge in [-0.15, -0.1) is 0 Å². The highest BCUT2D eigenvalue weighted by Crippen LogP contribution is 2.14. The van der Waals surface area contributed by atoms with Crippen molar-refractivity contribution in [1.29, 1.82) is 0 Å². The van der Waals surface area contributed by atoms with E-state index in [4.69, 9.17) is 4.74 Å². The monoisotopic (exact) mass is 262 g/mol. The highest BCUT2D eigenvalue weighted by molar-refractivity contribution is 5.98. The van der Waals surface area contributed by atoms with Gasteiger partial charge in [0.2, 0.25) is 5.91 Å². The topological polar surface area (TPSA) is 58.6 Å². The summed E-state index contributed by atoms with van der Waals surface area (Å²) in [5.74, 6) is 0.639. The Morgan fingerprint density at radius 1 is 1.53 bits per heavy atom. The maximum atomic E-state index is 12.2. The number of hydrogen-bond acceptors (Lipinski definition) is 4. The maximum absolute atomic E-state index is 12.2. The Morgan fingerprint density at radius 3 is 3.05 bits per heavy atom. The lowest BCUT2D eigenvalue weighted by Gasteiger charge is -2.32. The minimum absolute atomic E-state index is 0.000417. The van der Waals surface area contributed by atoms with Crippen molar-refractivity contribution in [2.24, 2.45) is 0 Å². The molecule has 1 unspecified atom stereocenters. The number of Topliss-reactive ketones (excluding diaryl/α,β-unsaturated/α-hetero) is 1. The summed E-state index contributed by atoms with van der Waals surface area (Å²) >= 11 is 0. The van der Waals surface area contributed by atoms with Gasteiger partial charge in [0.15, 0.2) is 5.78 Å². The Kier molecular flexibility index (Phi) is 4.16. The Labute approximate surface area is 112 Å². The van der Waals surface area contributed by atoms with Crippen molar-refractivity contribution in [2.45, 2.75) is 13.0 Å². The van der Waals surface area contributed by atoms with Gasteiger partial charge in [-0.25, -0.2) is 0 Å². The average Bonchev–Trinajstić information content (AvgIpc) is 2.44. The molecule has 1 aromatic carbocycles. The lowest BCUT2D eigenvalue weighted by atomic mass is 10.1. The smallest absolute Gasteiger partial charge is 0.237 e. The fourth-order valence-corrected chi connectivity index (χ4v) is 2.12. The summed E-state index contributed by atoms with van der Waals surface area (Å²) in [6.07, 6.45) is 0. The molecule has 0 spiro atoms. The number of ketones is 1. The maximum Gasteiger partial charge on any atom is 0.237 e. The second-order valence-electron chi connectivity index (χ2n) is 4.59. The van der Waals surface area contributed by atoms with E-state index >= 15 is 0 Å². The fraction of sp³-hybridized carbons (Fsp3) is 0.429. The van der Waals surface area contributed by atoms with Gasteiger partial charge in [0.05, 0.1) is 19.7 Å². The zero-order valence-corrected chi connectivity index (χ0v) is 11.2. The largest absolute Gasteiger partial charge is 0.497 e. The van der Waals surface area contributed by atoms with Crippen LogP contribution in [0.5, 0.6) is 5.75 Å². The Bertz CT molecular complexity index is 487. The third kappa shape index (κ3) is 3.12. The fourth-order valence-electron chi connectivity index (χ4n) is 2.12. The summed E-state index contributed by atoms with van der Waals surface area (Å²) in [5.41, 5.74) is 0.609. The molecule has 1 saturated heterocycles. The molecule has 5 nitrogen and oxygen atoms in total. The first-order chi connectivity index (χ1) is 9.11. The number of benzene rings is 1. The summed E-state index contributed by atoms with van der Waals surface area (Å²) in [6.45, 7) is 3.35. The first kappa shape index (κ1) is 13.5. The minimum Gasteiger partial charge on any atom is -0.497 e. The second kappa shape index (κ2) is 5.84. The second-order valence-corrected chi connectivity index (χ2v) is 4.59. The summed E-state index contributed by atoms with van der Waals surface area (Å²) < 4.78 is 5.10. The van der Waals surface area contributed by atoms with Crippen molar-refractivity contribution in [3.8, 4) is 5.75 Å². The molecule has 0 aliphatic carbocycles. The molecule has 1 N–H and O–H groups in total. The molecule has 2 rings (SSSR count). The van der Waals surface area contributed by atoms with Crippen molar-refractivity contribution in [2.75, 3.05) is 26.7 Å². The molecule has 1 fully saturated rings. The highest BCUT2D eigenvalue weighted by Gasteiger charge is 2.27. The van der Waals surface area contributed by atoms with Crippen LogP contribution >= 0.6 is 0 Å². The van der Waals surface area contributed by atoms with Crippen LogP contribution in [0.2, 0.25) is 0 Å². The van der Waals surface area contributed by atoms with E-state index in [9.17, 15) is 9.59 Å². The molecule has 19 heavy (non-hydrogen) atoms. The molecule has 102 valence electrons. The van der Waals surface area contributed by atoms with Crippen LogP contribution in [0.4, 0.5) is 0 Å². The number of nitrogens with one attached hydrogen (secondary N) is 1. The van der Waals surface area contributed by atoms with E-state index in [-0.39, 0.29) is 24.3 Å². The first-order valence-electron chi connectivity index (χ1n) is 6.31. The third-order valence-corrected chi connectivity index (χ3v) is 3.36. The quantitative estimate of drug-likeness (QED) is 0.811. The molecule has 5 heteroatoms. The van der Waals surface area contributed by atoms with E-state index in [0.717, 1.165) is 0 Å². The lowest BCUT2D eigenvalue weighted by Crippen LogP contribution is -2.55. The van der Waals surface area contributed by atoms with Gasteiger partial charge in [-0.1, -0.05) is 12.1 Å². The minimum atomic E-state index is -0.261. The number of carbonyl (C=O) groups excluding carboxylic acids is 2. The molecule has 1 aliphatic heterocycles. The van der Waals surface area contributed by atoms with Crippen LogP contribution in [0.3, 0.4) is 0 Å². The summed E-state index contributed by atoms with van der Waals surface area (Å²) in [4.78, 5) is 25.6. The van der Waals surface area contributed by atoms with E-state index in [0.29, 0.717) is 24.4 Å². The Morgan fingerprint density at radius 2 is 2.32 bits per heavy atom. The zero-order chi connectivity index (χ0) is 13.8. The predicted octanol–water partition coefficient (Wildman–Crippen LogP) is 0.698. The average molecular weight is 262 g/mol. The van der Waals surface area contributed by atoms with Gasteiger partial charge in [0, 0.05) is 18.7 Å². The number of hydrogen-bond donors (Lipinski definition) is 1. The van der Waals surface area contributed by atoms with Crippen LogP contribution < -0.4 is 10.1 Å². The van der Waals surface area contributed by atoms with Gasteiger partial charge in [0.25, 0.3) is 0 Å². The van der Waals surface area contributed by atoms with Gasteiger partial charge in [-0.2, -0.15) is 0 Å². The molecule has 1 aliphatic rings. The van der Waals surface area contributed by atoms with E-state index < -0.39 is 0 Å². The predicted molar refractivity (Wildman–Crippen MR) is 71.4 cm³/mol. The normalized spacial score (nSPS) is 19.9. The molecule has 0 bridgehead atoms. The number of rotatable bonds is 4. The number of ether oxygens (including phenoxy) is 1. The van der Waals surface area contributed by atoms with Crippen molar-refractivity contribution >= 4 is 11.7 Å². The number of piperazine rings is 1. The van der Waals surface area contributed by atoms with Crippen LogP contribution in [0.25, 0.3) is 0 Å². The van der Waals surface area contributed by atoms with E-state index in [1.807, 2.05) is 11.8 Å². The van der Waals surface area contributed by atoms with Gasteiger partial charge in [0.1, 0.15) is 5.75 Å². The van der Waals surface area contributed by atoms with Gasteiger partial charge in [-0.3, -0.25) is 14.5 Å².